The van der Waals surface area contributed by atoms with Gasteiger partial charge in [0.2, 0.25) is 0 Å². The highest BCUT2D eigenvalue weighted by atomic mass is 19.1. The fourth-order valence-electron chi connectivity index (χ4n) is 0.506. The summed E-state index contributed by atoms with van der Waals surface area (Å²) in [7, 11) is 1.53. The third-order valence-corrected chi connectivity index (χ3v) is 0.974. The molecule has 0 aromatic heterocycles. The lowest BCUT2D eigenvalue weighted by Gasteiger charge is -1.93. The molecule has 0 aliphatic carbocycles. The van der Waals surface area contributed by atoms with E-state index < -0.39 is 0 Å². The van der Waals surface area contributed by atoms with Gasteiger partial charge in [-0.05, 0) is 18.6 Å². The van der Waals surface area contributed by atoms with Crippen LogP contribution in [0.25, 0.3) is 0 Å². The Kier molecular flexibility index (Phi) is 11.2. The Hall–Kier alpha value is -1.05. The normalized spacial score (nSPS) is 11.4. The summed E-state index contributed by atoms with van der Waals surface area (Å²) in [5.41, 5.74) is 0.835. The van der Waals surface area contributed by atoms with E-state index in [-0.39, 0.29) is 5.95 Å². The molecule has 0 unspecified atom stereocenters. The molecule has 0 aliphatic rings. The number of allylic oxidation sites excluding steroid dienone is 4. The minimum absolute atomic E-state index is 0.337. The molecule has 1 nitrogen and oxygen atoms in total. The van der Waals surface area contributed by atoms with Gasteiger partial charge in [-0.1, -0.05) is 32.6 Å². The minimum Gasteiger partial charge on any atom is -0.365 e. The Morgan fingerprint density at radius 1 is 1.42 bits per heavy atom. The zero-order valence-corrected chi connectivity index (χ0v) is 8.32. The molecule has 0 amide bonds. The predicted molar refractivity (Wildman–Crippen MR) is 53.6 cm³/mol. The van der Waals surface area contributed by atoms with Crippen molar-refractivity contribution in [2.75, 3.05) is 7.05 Å². The van der Waals surface area contributed by atoms with Gasteiger partial charge in [-0.2, -0.15) is 4.39 Å². The van der Waals surface area contributed by atoms with Crippen molar-refractivity contribution < 1.29 is 4.39 Å². The molecule has 0 bridgehead atoms. The molecule has 0 heterocycles. The van der Waals surface area contributed by atoms with Crippen molar-refractivity contribution in [2.45, 2.75) is 20.8 Å². The topological polar surface area (TPSA) is 12.0 Å². The van der Waals surface area contributed by atoms with Crippen LogP contribution in [0.3, 0.4) is 0 Å². The standard InChI is InChI=1S/C8H12FN.C2H6/c1-4-5-7(2)6-8(9)10-3;1-2/h4-6,10H,1H2,2-3H3;1-2H3/b7-5-,8-6+;. The molecule has 0 aliphatic heterocycles. The number of nitrogens with one attached hydrogen (secondary N) is 1. The van der Waals surface area contributed by atoms with Crippen LogP contribution in [0, 0.1) is 0 Å². The monoisotopic (exact) mass is 171 g/mol. The van der Waals surface area contributed by atoms with Gasteiger partial charge < -0.3 is 5.32 Å². The summed E-state index contributed by atoms with van der Waals surface area (Å²) in [4.78, 5) is 0. The van der Waals surface area contributed by atoms with Gasteiger partial charge in [-0.3, -0.25) is 0 Å². The van der Waals surface area contributed by atoms with Crippen LogP contribution in [-0.2, 0) is 0 Å². The van der Waals surface area contributed by atoms with E-state index in [2.05, 4.69) is 11.9 Å². The highest BCUT2D eigenvalue weighted by Crippen LogP contribution is 1.99. The fourth-order valence-corrected chi connectivity index (χ4v) is 0.506. The molecular weight excluding hydrogens is 153 g/mol. The van der Waals surface area contributed by atoms with E-state index in [1.165, 1.54) is 13.1 Å². The summed E-state index contributed by atoms with van der Waals surface area (Å²) in [5, 5.41) is 2.37. The SMILES string of the molecule is C=C/C=C(C)\C=C(/F)NC.CC. The second-order valence-electron chi connectivity index (χ2n) is 1.89. The van der Waals surface area contributed by atoms with Crippen LogP contribution in [0.1, 0.15) is 20.8 Å². The Balaban J connectivity index is 0. The highest BCUT2D eigenvalue weighted by Gasteiger charge is 1.86. The van der Waals surface area contributed by atoms with Crippen LogP contribution in [-0.4, -0.2) is 7.05 Å². The summed E-state index contributed by atoms with van der Waals surface area (Å²) < 4.78 is 12.4. The molecule has 0 saturated carbocycles. The number of hydrogen-bond acceptors (Lipinski definition) is 1. The molecule has 0 atom stereocenters. The lowest BCUT2D eigenvalue weighted by molar-refractivity contribution is 0.573. The lowest BCUT2D eigenvalue weighted by Crippen LogP contribution is -1.99. The molecule has 70 valence electrons. The Morgan fingerprint density at radius 2 is 1.92 bits per heavy atom. The summed E-state index contributed by atoms with van der Waals surface area (Å²) in [6.07, 6.45) is 4.76. The first-order valence-electron chi connectivity index (χ1n) is 4.05. The summed E-state index contributed by atoms with van der Waals surface area (Å²) in [5.74, 6) is -0.337. The lowest BCUT2D eigenvalue weighted by atomic mass is 10.3. The zero-order valence-electron chi connectivity index (χ0n) is 8.32. The van der Waals surface area contributed by atoms with E-state index in [1.54, 1.807) is 19.1 Å². The largest absolute Gasteiger partial charge is 0.365 e. The van der Waals surface area contributed by atoms with E-state index in [4.69, 9.17) is 0 Å². The highest BCUT2D eigenvalue weighted by molar-refractivity contribution is 5.21. The van der Waals surface area contributed by atoms with Crippen molar-refractivity contribution in [2.24, 2.45) is 0 Å². The second kappa shape index (κ2) is 9.95. The molecule has 12 heavy (non-hydrogen) atoms. The van der Waals surface area contributed by atoms with Crippen LogP contribution >= 0.6 is 0 Å². The molecule has 0 spiro atoms. The summed E-state index contributed by atoms with van der Waals surface area (Å²) in [6, 6.07) is 0. The van der Waals surface area contributed by atoms with Gasteiger partial charge >= 0.3 is 0 Å². The van der Waals surface area contributed by atoms with E-state index >= 15 is 0 Å². The van der Waals surface area contributed by atoms with Crippen LogP contribution in [0.5, 0.6) is 0 Å². The van der Waals surface area contributed by atoms with Crippen LogP contribution in [0.4, 0.5) is 4.39 Å². The maximum absolute atomic E-state index is 12.4. The van der Waals surface area contributed by atoms with Gasteiger partial charge in [-0.25, -0.2) is 0 Å². The molecule has 0 aromatic rings. The predicted octanol–water partition coefficient (Wildman–Crippen LogP) is 3.18. The van der Waals surface area contributed by atoms with Gasteiger partial charge in [0.15, 0.2) is 5.95 Å². The van der Waals surface area contributed by atoms with E-state index in [9.17, 15) is 4.39 Å². The first-order valence-corrected chi connectivity index (χ1v) is 4.05. The number of rotatable bonds is 3. The first-order chi connectivity index (χ1) is 5.70. The average Bonchev–Trinajstić information content (AvgIpc) is 2.08. The van der Waals surface area contributed by atoms with Gasteiger partial charge in [0, 0.05) is 7.05 Å². The minimum atomic E-state index is -0.337. The van der Waals surface area contributed by atoms with Crippen molar-refractivity contribution in [1.82, 2.24) is 5.32 Å². The van der Waals surface area contributed by atoms with Crippen molar-refractivity contribution in [3.63, 3.8) is 0 Å². The maximum atomic E-state index is 12.4. The number of hydrogen-bond donors (Lipinski definition) is 1. The first kappa shape index (κ1) is 13.5. The zero-order chi connectivity index (χ0) is 9.98. The molecule has 1 N–H and O–H groups in total. The van der Waals surface area contributed by atoms with E-state index in [0.717, 1.165) is 5.57 Å². The molecule has 0 saturated heterocycles. The quantitative estimate of drug-likeness (QED) is 0.508. The van der Waals surface area contributed by atoms with Crippen molar-refractivity contribution in [3.05, 3.63) is 36.3 Å². The molecule has 0 rings (SSSR count). The molecule has 2 heteroatoms. The second-order valence-corrected chi connectivity index (χ2v) is 1.89. The van der Waals surface area contributed by atoms with Crippen molar-refractivity contribution in [1.29, 1.82) is 0 Å². The Morgan fingerprint density at radius 3 is 2.25 bits per heavy atom. The van der Waals surface area contributed by atoms with Crippen LogP contribution in [0.2, 0.25) is 0 Å². The van der Waals surface area contributed by atoms with Gasteiger partial charge in [0.25, 0.3) is 0 Å². The van der Waals surface area contributed by atoms with Crippen LogP contribution in [0.15, 0.2) is 36.3 Å². The third kappa shape index (κ3) is 8.95. The third-order valence-electron chi connectivity index (χ3n) is 0.974. The molecule has 0 aromatic carbocycles. The average molecular weight is 171 g/mol. The Bertz CT molecular complexity index is 169. The summed E-state index contributed by atoms with van der Waals surface area (Å²) in [6.45, 7) is 9.29. The summed E-state index contributed by atoms with van der Waals surface area (Å²) >= 11 is 0. The van der Waals surface area contributed by atoms with E-state index in [0.29, 0.717) is 0 Å². The Labute approximate surface area is 74.7 Å². The van der Waals surface area contributed by atoms with E-state index in [1.807, 2.05) is 13.8 Å². The smallest absolute Gasteiger partial charge is 0.187 e. The maximum Gasteiger partial charge on any atom is 0.187 e. The van der Waals surface area contributed by atoms with Gasteiger partial charge in [-0.15, -0.1) is 0 Å². The molecule has 0 radical (unpaired) electrons. The number of halogens is 1. The van der Waals surface area contributed by atoms with Crippen molar-refractivity contribution >= 4 is 0 Å². The fraction of sp³-hybridized carbons (Fsp3) is 0.400. The molecular formula is C10H18FN. The van der Waals surface area contributed by atoms with Gasteiger partial charge in [0.05, 0.1) is 0 Å². The van der Waals surface area contributed by atoms with Gasteiger partial charge in [0.1, 0.15) is 0 Å². The molecule has 0 fully saturated rings. The van der Waals surface area contributed by atoms with Crippen molar-refractivity contribution in [3.8, 4) is 0 Å². The van der Waals surface area contributed by atoms with Crippen LogP contribution < -0.4 is 5.32 Å².